The number of aliphatic imine (C=N–C) groups is 2. The molecule has 2 aromatic carbocycles. The number of amidine groups is 2. The number of benzene rings is 2. The molecule has 1 heterocycles. The highest BCUT2D eigenvalue weighted by Crippen LogP contribution is 2.13. The highest BCUT2D eigenvalue weighted by Gasteiger charge is 2.18. The topological polar surface area (TPSA) is 31.2 Å². The van der Waals surface area contributed by atoms with E-state index in [1.54, 1.807) is 7.05 Å². The second-order valence-corrected chi connectivity index (χ2v) is 7.40. The van der Waals surface area contributed by atoms with Crippen LogP contribution in [0.15, 0.2) is 58.5 Å². The van der Waals surface area contributed by atoms with Crippen molar-refractivity contribution in [1.82, 2.24) is 9.80 Å². The van der Waals surface area contributed by atoms with Crippen LogP contribution in [0.1, 0.15) is 23.6 Å². The lowest BCUT2D eigenvalue weighted by Gasteiger charge is -2.35. The van der Waals surface area contributed by atoms with Gasteiger partial charge in [0.15, 0.2) is 5.84 Å². The fourth-order valence-electron chi connectivity index (χ4n) is 3.25. The number of nitrogens with zero attached hydrogens (tertiary/aromatic N) is 4. The van der Waals surface area contributed by atoms with Crippen LogP contribution in [-0.2, 0) is 6.54 Å². The van der Waals surface area contributed by atoms with Crippen molar-refractivity contribution < 1.29 is 0 Å². The van der Waals surface area contributed by atoms with Gasteiger partial charge < -0.3 is 4.90 Å². The molecule has 1 fully saturated rings. The van der Waals surface area contributed by atoms with E-state index in [2.05, 4.69) is 65.0 Å². The summed E-state index contributed by atoms with van der Waals surface area (Å²) in [5.41, 5.74) is 3.61. The van der Waals surface area contributed by atoms with Crippen LogP contribution >= 0.6 is 11.6 Å². The van der Waals surface area contributed by atoms with Crippen LogP contribution in [0.25, 0.3) is 0 Å². The summed E-state index contributed by atoms with van der Waals surface area (Å²) in [7, 11) is 1.80. The van der Waals surface area contributed by atoms with Gasteiger partial charge in [-0.05, 0) is 31.5 Å². The smallest absolute Gasteiger partial charge is 0.156 e. The molecular formula is C22H27ClN4. The first-order valence-corrected chi connectivity index (χ1v) is 9.74. The van der Waals surface area contributed by atoms with Crippen LogP contribution in [0, 0.1) is 6.92 Å². The Morgan fingerprint density at radius 1 is 0.963 bits per heavy atom. The standard InChI is InChI=1S/C22H27ClN4/c1-17-4-8-20(9-5-17)22(24-3)25-18(2)27-14-12-26(13-15-27)16-19-6-10-21(23)11-7-19/h4-11H,12-16H2,1-3H3. The van der Waals surface area contributed by atoms with E-state index in [0.717, 1.165) is 55.0 Å². The van der Waals surface area contributed by atoms with Gasteiger partial charge in [-0.2, -0.15) is 0 Å². The molecular weight excluding hydrogens is 356 g/mol. The summed E-state index contributed by atoms with van der Waals surface area (Å²) in [5, 5.41) is 0.789. The maximum absolute atomic E-state index is 5.97. The van der Waals surface area contributed by atoms with Crippen LogP contribution in [0.5, 0.6) is 0 Å². The van der Waals surface area contributed by atoms with Gasteiger partial charge in [0.1, 0.15) is 5.84 Å². The van der Waals surface area contributed by atoms with Crippen LogP contribution < -0.4 is 0 Å². The third kappa shape index (κ3) is 5.41. The van der Waals surface area contributed by atoms with Gasteiger partial charge in [-0.25, -0.2) is 4.99 Å². The van der Waals surface area contributed by atoms with E-state index in [9.17, 15) is 0 Å². The molecule has 0 N–H and O–H groups in total. The monoisotopic (exact) mass is 382 g/mol. The van der Waals surface area contributed by atoms with E-state index in [-0.39, 0.29) is 0 Å². The second kappa shape index (κ2) is 9.16. The SMILES string of the molecule is CN=C(N=C(C)N1CCN(Cc2ccc(Cl)cc2)CC1)c1ccc(C)cc1. The molecule has 0 saturated carbocycles. The van der Waals surface area contributed by atoms with Crippen molar-refractivity contribution in [2.24, 2.45) is 9.98 Å². The lowest BCUT2D eigenvalue weighted by Crippen LogP contribution is -2.47. The summed E-state index contributed by atoms with van der Waals surface area (Å²) in [4.78, 5) is 14.0. The van der Waals surface area contributed by atoms with E-state index in [4.69, 9.17) is 16.6 Å². The first-order valence-electron chi connectivity index (χ1n) is 9.36. The van der Waals surface area contributed by atoms with Gasteiger partial charge in [0.2, 0.25) is 0 Å². The first-order chi connectivity index (χ1) is 13.0. The van der Waals surface area contributed by atoms with Gasteiger partial charge in [0.25, 0.3) is 0 Å². The van der Waals surface area contributed by atoms with E-state index in [0.29, 0.717) is 0 Å². The Morgan fingerprint density at radius 2 is 1.59 bits per heavy atom. The Kier molecular flexibility index (Phi) is 6.64. The van der Waals surface area contributed by atoms with Crippen molar-refractivity contribution in [2.45, 2.75) is 20.4 Å². The maximum atomic E-state index is 5.97. The van der Waals surface area contributed by atoms with Crippen molar-refractivity contribution in [3.63, 3.8) is 0 Å². The fourth-order valence-corrected chi connectivity index (χ4v) is 3.37. The zero-order valence-electron chi connectivity index (χ0n) is 16.3. The van der Waals surface area contributed by atoms with E-state index in [1.807, 2.05) is 12.1 Å². The highest BCUT2D eigenvalue weighted by molar-refractivity contribution is 6.30. The van der Waals surface area contributed by atoms with Gasteiger partial charge in [-0.15, -0.1) is 0 Å². The minimum atomic E-state index is 0.788. The molecule has 0 unspecified atom stereocenters. The molecule has 2 aromatic rings. The van der Waals surface area contributed by atoms with Gasteiger partial charge >= 0.3 is 0 Å². The summed E-state index contributed by atoms with van der Waals surface area (Å²) in [6.07, 6.45) is 0. The average Bonchev–Trinajstić information content (AvgIpc) is 2.69. The molecule has 0 aliphatic carbocycles. The van der Waals surface area contributed by atoms with Crippen molar-refractivity contribution in [2.75, 3.05) is 33.2 Å². The van der Waals surface area contributed by atoms with Crippen LogP contribution in [-0.4, -0.2) is 54.7 Å². The summed E-state index contributed by atoms with van der Waals surface area (Å²) >= 11 is 5.97. The number of hydrogen-bond acceptors (Lipinski definition) is 2. The molecule has 4 nitrogen and oxygen atoms in total. The lowest BCUT2D eigenvalue weighted by atomic mass is 10.1. The van der Waals surface area contributed by atoms with Crippen molar-refractivity contribution in [3.8, 4) is 0 Å². The Morgan fingerprint density at radius 3 is 2.19 bits per heavy atom. The third-order valence-corrected chi connectivity index (χ3v) is 5.19. The fraction of sp³-hybridized carbons (Fsp3) is 0.364. The predicted molar refractivity (Wildman–Crippen MR) is 115 cm³/mol. The quantitative estimate of drug-likeness (QED) is 0.586. The summed E-state index contributed by atoms with van der Waals surface area (Å²) < 4.78 is 0. The Balaban J connectivity index is 1.58. The predicted octanol–water partition coefficient (Wildman–Crippen LogP) is 4.26. The minimum absolute atomic E-state index is 0.788. The zero-order valence-corrected chi connectivity index (χ0v) is 17.1. The van der Waals surface area contributed by atoms with Gasteiger partial charge in [0.05, 0.1) is 0 Å². The summed E-state index contributed by atoms with van der Waals surface area (Å²) in [6, 6.07) is 16.5. The third-order valence-electron chi connectivity index (χ3n) is 4.94. The van der Waals surface area contributed by atoms with Crippen molar-refractivity contribution in [1.29, 1.82) is 0 Å². The molecule has 0 atom stereocenters. The molecule has 0 spiro atoms. The number of aryl methyl sites for hydroxylation is 1. The average molecular weight is 383 g/mol. The number of piperazine rings is 1. The van der Waals surface area contributed by atoms with Crippen molar-refractivity contribution in [3.05, 3.63) is 70.2 Å². The van der Waals surface area contributed by atoms with Gasteiger partial charge in [-0.3, -0.25) is 9.89 Å². The summed E-state index contributed by atoms with van der Waals surface area (Å²) in [5.74, 6) is 1.82. The van der Waals surface area contributed by atoms with Crippen LogP contribution in [0.4, 0.5) is 0 Å². The molecule has 142 valence electrons. The minimum Gasteiger partial charge on any atom is -0.358 e. The molecule has 1 saturated heterocycles. The zero-order chi connectivity index (χ0) is 19.2. The number of halogens is 1. The van der Waals surface area contributed by atoms with Crippen LogP contribution in [0.3, 0.4) is 0 Å². The number of hydrogen-bond donors (Lipinski definition) is 0. The van der Waals surface area contributed by atoms with E-state index in [1.165, 1.54) is 11.1 Å². The maximum Gasteiger partial charge on any atom is 0.156 e. The van der Waals surface area contributed by atoms with E-state index >= 15 is 0 Å². The number of rotatable bonds is 3. The molecule has 3 rings (SSSR count). The van der Waals surface area contributed by atoms with Gasteiger partial charge in [0, 0.05) is 50.4 Å². The first kappa shape index (κ1) is 19.6. The Bertz CT molecular complexity index is 801. The molecule has 0 radical (unpaired) electrons. The molecule has 5 heteroatoms. The molecule has 0 amide bonds. The Labute approximate surface area is 167 Å². The van der Waals surface area contributed by atoms with Crippen molar-refractivity contribution >= 4 is 23.3 Å². The Hall–Kier alpha value is -2.17. The van der Waals surface area contributed by atoms with Crippen LogP contribution in [0.2, 0.25) is 5.02 Å². The van der Waals surface area contributed by atoms with Gasteiger partial charge in [-0.1, -0.05) is 53.6 Å². The molecule has 0 aromatic heterocycles. The normalized spacial score (nSPS) is 16.7. The molecule has 0 bridgehead atoms. The summed E-state index contributed by atoms with van der Waals surface area (Å²) in [6.45, 7) is 9.14. The highest BCUT2D eigenvalue weighted by atomic mass is 35.5. The largest absolute Gasteiger partial charge is 0.358 e. The molecule has 1 aliphatic heterocycles. The lowest BCUT2D eigenvalue weighted by molar-refractivity contribution is 0.175. The second-order valence-electron chi connectivity index (χ2n) is 6.96. The van der Waals surface area contributed by atoms with E-state index < -0.39 is 0 Å². The molecule has 1 aliphatic rings. The molecule has 27 heavy (non-hydrogen) atoms.